The fourth-order valence-corrected chi connectivity index (χ4v) is 4.28. The number of phenols is 1. The van der Waals surface area contributed by atoms with Gasteiger partial charge in [0.2, 0.25) is 0 Å². The highest BCUT2D eigenvalue weighted by molar-refractivity contribution is 6.46. The number of carbonyl (C=O) groups excluding carboxylic acids is 2. The Morgan fingerprint density at radius 3 is 2.48 bits per heavy atom. The Kier molecular flexibility index (Phi) is 6.88. The second-order valence-electron chi connectivity index (χ2n) is 7.88. The summed E-state index contributed by atoms with van der Waals surface area (Å²) in [5.74, 6) is -1.59. The van der Waals surface area contributed by atoms with Crippen LogP contribution in [-0.2, 0) is 14.3 Å². The highest BCUT2D eigenvalue weighted by atomic mass is 35.5. The Labute approximate surface area is 196 Å². The van der Waals surface area contributed by atoms with Gasteiger partial charge in [0.1, 0.15) is 5.76 Å². The average Bonchev–Trinajstić information content (AvgIpc) is 3.08. The standard InChI is InChI=1S/C24H25ClN2O6/c1-32-19-14-16(4-7-18(19)28)21-20(22(29)15-2-5-17(25)6-3-15)23(30)24(31)27(21)9-8-26-10-12-33-13-11-26/h2-7,14,21,28-29H,8-13H2,1H3/t21-/m0/s1. The van der Waals surface area contributed by atoms with Crippen LogP contribution < -0.4 is 4.74 Å². The Hall–Kier alpha value is -3.07. The molecule has 0 aromatic heterocycles. The fraction of sp³-hybridized carbons (Fsp3) is 0.333. The summed E-state index contributed by atoms with van der Waals surface area (Å²) in [5, 5.41) is 21.6. The number of likely N-dealkylation sites (tertiary alicyclic amines) is 1. The molecule has 0 saturated carbocycles. The van der Waals surface area contributed by atoms with Crippen LogP contribution in [0.1, 0.15) is 17.2 Å². The van der Waals surface area contributed by atoms with Crippen molar-refractivity contribution < 1.29 is 29.3 Å². The van der Waals surface area contributed by atoms with Crippen LogP contribution in [0.3, 0.4) is 0 Å². The van der Waals surface area contributed by atoms with E-state index in [1.54, 1.807) is 36.4 Å². The molecular formula is C24H25ClN2O6. The predicted molar refractivity (Wildman–Crippen MR) is 122 cm³/mol. The van der Waals surface area contributed by atoms with E-state index in [-0.39, 0.29) is 29.4 Å². The van der Waals surface area contributed by atoms with Crippen molar-refractivity contribution in [3.63, 3.8) is 0 Å². The van der Waals surface area contributed by atoms with Crippen LogP contribution in [0.25, 0.3) is 5.76 Å². The number of ketones is 1. The summed E-state index contributed by atoms with van der Waals surface area (Å²) in [5.41, 5.74) is 0.903. The zero-order chi connectivity index (χ0) is 23.5. The molecule has 0 spiro atoms. The molecule has 2 fully saturated rings. The third-order valence-corrected chi connectivity index (χ3v) is 6.19. The van der Waals surface area contributed by atoms with Crippen LogP contribution in [0.5, 0.6) is 11.5 Å². The summed E-state index contributed by atoms with van der Waals surface area (Å²) >= 11 is 5.96. The van der Waals surface area contributed by atoms with Crippen molar-refractivity contribution in [3.8, 4) is 11.5 Å². The first kappa shape index (κ1) is 23.1. The SMILES string of the molecule is COc1cc([C@H]2C(=C(O)c3ccc(Cl)cc3)C(=O)C(=O)N2CCN2CCOCC2)ccc1O. The lowest BCUT2D eigenvalue weighted by Crippen LogP contribution is -2.42. The lowest BCUT2D eigenvalue weighted by Gasteiger charge is -2.31. The molecule has 0 aliphatic carbocycles. The second kappa shape index (κ2) is 9.82. The molecule has 2 aliphatic rings. The number of rotatable bonds is 6. The lowest BCUT2D eigenvalue weighted by molar-refractivity contribution is -0.140. The quantitative estimate of drug-likeness (QED) is 0.379. The molecule has 2 heterocycles. The third kappa shape index (κ3) is 4.68. The van der Waals surface area contributed by atoms with Gasteiger partial charge in [0, 0.05) is 36.8 Å². The van der Waals surface area contributed by atoms with Gasteiger partial charge in [0.05, 0.1) is 31.9 Å². The number of aliphatic hydroxyl groups is 1. The van der Waals surface area contributed by atoms with Crippen molar-refractivity contribution in [2.45, 2.75) is 6.04 Å². The summed E-state index contributed by atoms with van der Waals surface area (Å²) in [7, 11) is 1.42. The lowest BCUT2D eigenvalue weighted by atomic mass is 9.95. The molecule has 0 bridgehead atoms. The maximum atomic E-state index is 13.1. The molecular weight excluding hydrogens is 448 g/mol. The van der Waals surface area contributed by atoms with Gasteiger partial charge in [-0.2, -0.15) is 0 Å². The van der Waals surface area contributed by atoms with Crippen molar-refractivity contribution in [1.29, 1.82) is 0 Å². The fourth-order valence-electron chi connectivity index (χ4n) is 4.16. The molecule has 0 radical (unpaired) electrons. The van der Waals surface area contributed by atoms with Gasteiger partial charge in [0.15, 0.2) is 11.5 Å². The van der Waals surface area contributed by atoms with E-state index in [2.05, 4.69) is 4.90 Å². The number of benzene rings is 2. The highest BCUT2D eigenvalue weighted by Gasteiger charge is 2.46. The molecule has 4 rings (SSSR count). The maximum absolute atomic E-state index is 13.1. The van der Waals surface area contributed by atoms with Gasteiger partial charge >= 0.3 is 0 Å². The normalized spacial score (nSPS) is 20.9. The molecule has 9 heteroatoms. The third-order valence-electron chi connectivity index (χ3n) is 5.94. The summed E-state index contributed by atoms with van der Waals surface area (Å²) in [4.78, 5) is 29.8. The minimum atomic E-state index is -0.837. The molecule has 2 aromatic rings. The molecule has 2 aromatic carbocycles. The van der Waals surface area contributed by atoms with Crippen LogP contribution in [0.15, 0.2) is 48.0 Å². The number of hydrogen-bond acceptors (Lipinski definition) is 7. The van der Waals surface area contributed by atoms with Crippen molar-refractivity contribution >= 4 is 29.1 Å². The van der Waals surface area contributed by atoms with Crippen LogP contribution in [-0.4, -0.2) is 78.2 Å². The number of hydrogen-bond donors (Lipinski definition) is 2. The Morgan fingerprint density at radius 2 is 1.82 bits per heavy atom. The van der Waals surface area contributed by atoms with E-state index in [0.717, 1.165) is 13.1 Å². The maximum Gasteiger partial charge on any atom is 0.295 e. The first-order valence-electron chi connectivity index (χ1n) is 10.6. The van der Waals surface area contributed by atoms with Gasteiger partial charge in [-0.3, -0.25) is 14.5 Å². The molecule has 8 nitrogen and oxygen atoms in total. The number of carbonyl (C=O) groups is 2. The number of phenolic OH excluding ortho intramolecular Hbond substituents is 1. The predicted octanol–water partition coefficient (Wildman–Crippen LogP) is 2.81. The molecule has 2 aliphatic heterocycles. The van der Waals surface area contributed by atoms with Gasteiger partial charge in [-0.15, -0.1) is 0 Å². The Bertz CT molecular complexity index is 1080. The van der Waals surface area contributed by atoms with Crippen molar-refractivity contribution in [2.24, 2.45) is 0 Å². The van der Waals surface area contributed by atoms with E-state index in [0.29, 0.717) is 35.9 Å². The Balaban J connectivity index is 1.76. The van der Waals surface area contributed by atoms with Crippen molar-refractivity contribution in [1.82, 2.24) is 9.80 Å². The van der Waals surface area contributed by atoms with Crippen LogP contribution in [0.2, 0.25) is 5.02 Å². The number of aromatic hydroxyl groups is 1. The monoisotopic (exact) mass is 472 g/mol. The number of aliphatic hydroxyl groups excluding tert-OH is 1. The van der Waals surface area contributed by atoms with Gasteiger partial charge in [-0.25, -0.2) is 0 Å². The number of halogens is 1. The number of Topliss-reactive ketones (excluding diaryl/α,β-unsaturated/α-hetero) is 1. The highest BCUT2D eigenvalue weighted by Crippen LogP contribution is 2.41. The minimum Gasteiger partial charge on any atom is -0.507 e. The van der Waals surface area contributed by atoms with Crippen LogP contribution in [0.4, 0.5) is 0 Å². The molecule has 0 unspecified atom stereocenters. The van der Waals surface area contributed by atoms with E-state index in [1.165, 1.54) is 18.1 Å². The smallest absolute Gasteiger partial charge is 0.295 e. The Morgan fingerprint density at radius 1 is 1.12 bits per heavy atom. The summed E-state index contributed by atoms with van der Waals surface area (Å²) < 4.78 is 10.6. The zero-order valence-corrected chi connectivity index (χ0v) is 18.9. The second-order valence-corrected chi connectivity index (χ2v) is 8.32. The zero-order valence-electron chi connectivity index (χ0n) is 18.2. The summed E-state index contributed by atoms with van der Waals surface area (Å²) in [6.45, 7) is 3.57. The van der Waals surface area contributed by atoms with Crippen molar-refractivity contribution in [2.75, 3.05) is 46.5 Å². The molecule has 174 valence electrons. The topological polar surface area (TPSA) is 99.5 Å². The van der Waals surface area contributed by atoms with Gasteiger partial charge in [0.25, 0.3) is 11.7 Å². The number of amides is 1. The van der Waals surface area contributed by atoms with Gasteiger partial charge in [-0.05, 0) is 42.0 Å². The number of methoxy groups -OCH3 is 1. The minimum absolute atomic E-state index is 0.0166. The first-order valence-corrected chi connectivity index (χ1v) is 11.0. The molecule has 33 heavy (non-hydrogen) atoms. The van der Waals surface area contributed by atoms with Crippen LogP contribution >= 0.6 is 11.6 Å². The van der Waals surface area contributed by atoms with E-state index in [4.69, 9.17) is 21.1 Å². The van der Waals surface area contributed by atoms with E-state index in [1.807, 2.05) is 0 Å². The van der Waals surface area contributed by atoms with E-state index < -0.39 is 17.7 Å². The molecule has 2 N–H and O–H groups in total. The first-order chi connectivity index (χ1) is 15.9. The average molecular weight is 473 g/mol. The van der Waals surface area contributed by atoms with E-state index in [9.17, 15) is 19.8 Å². The van der Waals surface area contributed by atoms with Gasteiger partial charge < -0.3 is 24.6 Å². The summed E-state index contributed by atoms with van der Waals surface area (Å²) in [6.07, 6.45) is 0. The van der Waals surface area contributed by atoms with Crippen molar-refractivity contribution in [3.05, 3.63) is 64.2 Å². The van der Waals surface area contributed by atoms with E-state index >= 15 is 0 Å². The largest absolute Gasteiger partial charge is 0.507 e. The number of ether oxygens (including phenoxy) is 2. The molecule has 1 atom stereocenters. The summed E-state index contributed by atoms with van der Waals surface area (Å²) in [6, 6.07) is 10.2. The molecule has 1 amide bonds. The number of nitrogens with zero attached hydrogens (tertiary/aromatic N) is 2. The van der Waals surface area contributed by atoms with Gasteiger partial charge in [-0.1, -0.05) is 17.7 Å². The number of morpholine rings is 1. The molecule has 2 saturated heterocycles. The van der Waals surface area contributed by atoms with Crippen LogP contribution in [0, 0.1) is 0 Å².